The second kappa shape index (κ2) is 6.85. The van der Waals surface area contributed by atoms with Crippen molar-refractivity contribution in [3.8, 4) is 0 Å². The third-order valence-corrected chi connectivity index (χ3v) is 5.78. The lowest BCUT2D eigenvalue weighted by Gasteiger charge is -2.37. The first-order valence-electron chi connectivity index (χ1n) is 8.13. The summed E-state index contributed by atoms with van der Waals surface area (Å²) in [6.07, 6.45) is 1.74. The Morgan fingerprint density at radius 2 is 2.00 bits per heavy atom. The normalized spacial score (nSPS) is 20.3. The quantitative estimate of drug-likeness (QED) is 0.911. The van der Waals surface area contributed by atoms with Crippen LogP contribution in [0.4, 0.5) is 0 Å². The highest BCUT2D eigenvalue weighted by molar-refractivity contribution is 7.10. The molecule has 3 nitrogen and oxygen atoms in total. The summed E-state index contributed by atoms with van der Waals surface area (Å²) in [6, 6.07) is 11.0. The fraction of sp³-hybridized carbons (Fsp3) is 0.421. The number of rotatable bonds is 4. The van der Waals surface area contributed by atoms with Crippen molar-refractivity contribution >= 4 is 17.3 Å². The molecular formula is C19H23NO2S. The molecule has 0 amide bonds. The molecular weight excluding hydrogens is 306 g/mol. The second-order valence-electron chi connectivity index (χ2n) is 6.45. The molecule has 1 aliphatic rings. The van der Waals surface area contributed by atoms with Gasteiger partial charge in [0.1, 0.15) is 0 Å². The molecule has 0 bridgehead atoms. The van der Waals surface area contributed by atoms with Gasteiger partial charge in [-0.1, -0.05) is 29.8 Å². The van der Waals surface area contributed by atoms with E-state index in [0.717, 1.165) is 19.4 Å². The van der Waals surface area contributed by atoms with Crippen molar-refractivity contribution in [3.63, 3.8) is 0 Å². The number of benzene rings is 1. The van der Waals surface area contributed by atoms with Gasteiger partial charge in [0.05, 0.1) is 12.0 Å². The van der Waals surface area contributed by atoms with Gasteiger partial charge in [-0.15, -0.1) is 11.3 Å². The van der Waals surface area contributed by atoms with Crippen molar-refractivity contribution in [1.29, 1.82) is 0 Å². The molecule has 3 rings (SSSR count). The van der Waals surface area contributed by atoms with E-state index in [0.29, 0.717) is 6.54 Å². The minimum Gasteiger partial charge on any atom is -0.481 e. The number of nitrogens with zero attached hydrogens (tertiary/aromatic N) is 1. The maximum atomic E-state index is 11.4. The van der Waals surface area contributed by atoms with E-state index in [1.54, 1.807) is 11.3 Å². The highest BCUT2D eigenvalue weighted by atomic mass is 32.1. The van der Waals surface area contributed by atoms with Gasteiger partial charge in [-0.3, -0.25) is 9.69 Å². The molecule has 2 unspecified atom stereocenters. The van der Waals surface area contributed by atoms with Crippen LogP contribution in [0.3, 0.4) is 0 Å². The van der Waals surface area contributed by atoms with Gasteiger partial charge >= 0.3 is 5.97 Å². The highest BCUT2D eigenvalue weighted by Gasteiger charge is 2.32. The summed E-state index contributed by atoms with van der Waals surface area (Å²) in [5.41, 5.74) is 3.79. The Morgan fingerprint density at radius 1 is 1.26 bits per heavy atom. The monoisotopic (exact) mass is 329 g/mol. The van der Waals surface area contributed by atoms with Gasteiger partial charge in [-0.25, -0.2) is 0 Å². The minimum absolute atomic E-state index is 0.165. The van der Waals surface area contributed by atoms with Crippen molar-refractivity contribution < 1.29 is 9.90 Å². The van der Waals surface area contributed by atoms with Gasteiger partial charge in [-0.2, -0.15) is 0 Å². The number of hydrogen-bond donors (Lipinski definition) is 1. The van der Waals surface area contributed by atoms with E-state index in [1.807, 2.05) is 0 Å². The summed E-state index contributed by atoms with van der Waals surface area (Å²) in [5.74, 6) is -0.919. The van der Waals surface area contributed by atoms with Gasteiger partial charge in [0.25, 0.3) is 0 Å². The van der Waals surface area contributed by atoms with Gasteiger partial charge in [0.15, 0.2) is 0 Å². The zero-order valence-electron chi connectivity index (χ0n) is 13.7. The highest BCUT2D eigenvalue weighted by Crippen LogP contribution is 2.37. The number of carbonyl (C=O) groups is 1. The van der Waals surface area contributed by atoms with E-state index in [9.17, 15) is 9.90 Å². The molecule has 0 spiro atoms. The molecule has 0 radical (unpaired) electrons. The molecule has 2 atom stereocenters. The third-order valence-electron chi connectivity index (χ3n) is 4.71. The summed E-state index contributed by atoms with van der Waals surface area (Å²) in [7, 11) is 0. The average Bonchev–Trinajstić information content (AvgIpc) is 2.96. The van der Waals surface area contributed by atoms with Crippen LogP contribution in [-0.2, 0) is 4.79 Å². The maximum Gasteiger partial charge on any atom is 0.307 e. The van der Waals surface area contributed by atoms with E-state index in [4.69, 9.17) is 0 Å². The Balaban J connectivity index is 1.97. The van der Waals surface area contributed by atoms with Gasteiger partial charge in [0.2, 0.25) is 0 Å². The van der Waals surface area contributed by atoms with E-state index in [1.165, 1.54) is 21.6 Å². The van der Waals surface area contributed by atoms with Crippen LogP contribution in [0.25, 0.3) is 0 Å². The van der Waals surface area contributed by atoms with E-state index in [-0.39, 0.29) is 12.0 Å². The molecule has 1 aromatic carbocycles. The summed E-state index contributed by atoms with van der Waals surface area (Å²) in [4.78, 5) is 15.1. The number of likely N-dealkylation sites (tertiary alicyclic amines) is 1. The maximum absolute atomic E-state index is 11.4. The van der Waals surface area contributed by atoms with E-state index < -0.39 is 5.97 Å². The van der Waals surface area contributed by atoms with Crippen molar-refractivity contribution in [2.75, 3.05) is 13.1 Å². The van der Waals surface area contributed by atoms with Crippen molar-refractivity contribution in [1.82, 2.24) is 4.90 Å². The Morgan fingerprint density at radius 3 is 2.61 bits per heavy atom. The lowest BCUT2D eigenvalue weighted by Crippen LogP contribution is -2.41. The predicted octanol–water partition coefficient (Wildman–Crippen LogP) is 4.25. The number of carboxylic acids is 1. The largest absolute Gasteiger partial charge is 0.481 e. The van der Waals surface area contributed by atoms with Crippen LogP contribution < -0.4 is 0 Å². The first-order chi connectivity index (χ1) is 11.1. The summed E-state index contributed by atoms with van der Waals surface area (Å²) in [5, 5.41) is 11.5. The van der Waals surface area contributed by atoms with E-state index in [2.05, 4.69) is 54.5 Å². The van der Waals surface area contributed by atoms with Crippen LogP contribution in [0, 0.1) is 19.8 Å². The lowest BCUT2D eigenvalue weighted by atomic mass is 9.93. The van der Waals surface area contributed by atoms with Crippen LogP contribution in [0.1, 0.15) is 40.5 Å². The SMILES string of the molecule is Cc1ccc(C(c2sccc2C)N2CCCC(C(=O)O)C2)cc1. The zero-order chi connectivity index (χ0) is 16.4. The molecule has 0 saturated carbocycles. The fourth-order valence-electron chi connectivity index (χ4n) is 3.38. The van der Waals surface area contributed by atoms with Gasteiger partial charge in [0, 0.05) is 11.4 Å². The fourth-order valence-corrected chi connectivity index (χ4v) is 4.47. The molecule has 1 aromatic heterocycles. The molecule has 23 heavy (non-hydrogen) atoms. The van der Waals surface area contributed by atoms with Crippen LogP contribution in [-0.4, -0.2) is 29.1 Å². The van der Waals surface area contributed by atoms with E-state index >= 15 is 0 Å². The number of piperidine rings is 1. The molecule has 4 heteroatoms. The van der Waals surface area contributed by atoms with Gasteiger partial charge < -0.3 is 5.11 Å². The molecule has 122 valence electrons. The summed E-state index contributed by atoms with van der Waals surface area (Å²) >= 11 is 1.77. The first kappa shape index (κ1) is 16.2. The predicted molar refractivity (Wildman–Crippen MR) is 94.0 cm³/mol. The van der Waals surface area contributed by atoms with Gasteiger partial charge in [-0.05, 0) is 55.8 Å². The smallest absolute Gasteiger partial charge is 0.307 e. The number of thiophene rings is 1. The van der Waals surface area contributed by atoms with Crippen molar-refractivity contribution in [2.24, 2.45) is 5.92 Å². The molecule has 2 heterocycles. The second-order valence-corrected chi connectivity index (χ2v) is 7.40. The summed E-state index contributed by atoms with van der Waals surface area (Å²) in [6.45, 7) is 5.83. The molecule has 1 fully saturated rings. The van der Waals surface area contributed by atoms with Crippen LogP contribution in [0.15, 0.2) is 35.7 Å². The number of carboxylic acid groups (broad SMARTS) is 1. The molecule has 0 aliphatic carbocycles. The number of aliphatic carboxylic acids is 1. The molecule has 2 aromatic rings. The standard InChI is InChI=1S/C19H23NO2S/c1-13-5-7-15(8-6-13)17(18-14(2)9-11-23-18)20-10-3-4-16(12-20)19(21)22/h5-9,11,16-17H,3-4,10,12H2,1-2H3,(H,21,22). The molecule has 1 aliphatic heterocycles. The van der Waals surface area contributed by atoms with Crippen molar-refractivity contribution in [2.45, 2.75) is 32.7 Å². The number of aryl methyl sites for hydroxylation is 2. The Labute approximate surface area is 141 Å². The Kier molecular flexibility index (Phi) is 4.83. The topological polar surface area (TPSA) is 40.5 Å². The molecule has 1 N–H and O–H groups in total. The lowest BCUT2D eigenvalue weighted by molar-refractivity contribution is -0.143. The zero-order valence-corrected chi connectivity index (χ0v) is 14.5. The van der Waals surface area contributed by atoms with Crippen molar-refractivity contribution in [3.05, 3.63) is 57.3 Å². The third kappa shape index (κ3) is 3.48. The van der Waals surface area contributed by atoms with Crippen LogP contribution in [0.2, 0.25) is 0 Å². The van der Waals surface area contributed by atoms with Crippen LogP contribution in [0.5, 0.6) is 0 Å². The average molecular weight is 329 g/mol. The first-order valence-corrected chi connectivity index (χ1v) is 9.01. The molecule has 1 saturated heterocycles. The summed E-state index contributed by atoms with van der Waals surface area (Å²) < 4.78 is 0. The minimum atomic E-state index is -0.666. The number of hydrogen-bond acceptors (Lipinski definition) is 3. The Hall–Kier alpha value is -1.65. The van der Waals surface area contributed by atoms with Crippen LogP contribution >= 0.6 is 11.3 Å². The Bertz CT molecular complexity index is 677.